The van der Waals surface area contributed by atoms with E-state index in [-0.39, 0.29) is 23.7 Å². The quantitative estimate of drug-likeness (QED) is 0.574. The SMILES string of the molecule is C[C@H]1C[C@@H](NC(=O)c2cc(C3CC3)on2)CCN1S(=O)(=O)CCCNc1ccccc1. The van der Waals surface area contributed by atoms with Crippen molar-refractivity contribution >= 4 is 21.6 Å². The smallest absolute Gasteiger partial charge is 0.273 e. The van der Waals surface area contributed by atoms with Crippen LogP contribution in [-0.2, 0) is 10.0 Å². The van der Waals surface area contributed by atoms with E-state index in [1.54, 1.807) is 10.4 Å². The van der Waals surface area contributed by atoms with Crippen LogP contribution in [0.1, 0.15) is 61.2 Å². The molecule has 1 aliphatic heterocycles. The zero-order valence-electron chi connectivity index (χ0n) is 17.8. The number of sulfonamides is 1. The Morgan fingerprint density at radius 1 is 1.23 bits per heavy atom. The van der Waals surface area contributed by atoms with Crippen molar-refractivity contribution in [3.05, 3.63) is 47.9 Å². The number of nitrogens with one attached hydrogen (secondary N) is 2. The van der Waals surface area contributed by atoms with Gasteiger partial charge in [-0.2, -0.15) is 4.31 Å². The largest absolute Gasteiger partial charge is 0.385 e. The molecule has 1 aliphatic carbocycles. The van der Waals surface area contributed by atoms with Gasteiger partial charge in [0, 0.05) is 42.8 Å². The number of amides is 1. The van der Waals surface area contributed by atoms with Gasteiger partial charge in [0.05, 0.1) is 5.75 Å². The molecule has 31 heavy (non-hydrogen) atoms. The molecule has 1 saturated carbocycles. The highest BCUT2D eigenvalue weighted by atomic mass is 32.2. The van der Waals surface area contributed by atoms with E-state index in [4.69, 9.17) is 4.52 Å². The first-order chi connectivity index (χ1) is 14.9. The van der Waals surface area contributed by atoms with Crippen molar-refractivity contribution in [1.29, 1.82) is 0 Å². The van der Waals surface area contributed by atoms with Gasteiger partial charge in [-0.05, 0) is 51.2 Å². The summed E-state index contributed by atoms with van der Waals surface area (Å²) >= 11 is 0. The van der Waals surface area contributed by atoms with E-state index in [1.165, 1.54) is 0 Å². The molecule has 2 aliphatic rings. The summed E-state index contributed by atoms with van der Waals surface area (Å²) in [5.74, 6) is 1.04. The average molecular weight is 447 g/mol. The van der Waals surface area contributed by atoms with Gasteiger partial charge in [-0.15, -0.1) is 0 Å². The zero-order valence-corrected chi connectivity index (χ0v) is 18.6. The second-order valence-electron chi connectivity index (χ2n) is 8.51. The lowest BCUT2D eigenvalue weighted by atomic mass is 10.0. The third-order valence-electron chi connectivity index (χ3n) is 5.93. The zero-order chi connectivity index (χ0) is 21.8. The van der Waals surface area contributed by atoms with Crippen molar-refractivity contribution in [3.8, 4) is 0 Å². The number of piperidine rings is 1. The van der Waals surface area contributed by atoms with Gasteiger partial charge in [-0.3, -0.25) is 4.79 Å². The van der Waals surface area contributed by atoms with Gasteiger partial charge in [0.2, 0.25) is 10.0 Å². The number of nitrogens with zero attached hydrogens (tertiary/aromatic N) is 2. The molecule has 2 heterocycles. The topological polar surface area (TPSA) is 105 Å². The Morgan fingerprint density at radius 3 is 2.71 bits per heavy atom. The summed E-state index contributed by atoms with van der Waals surface area (Å²) in [7, 11) is -3.34. The lowest BCUT2D eigenvalue weighted by Crippen LogP contribution is -2.51. The molecule has 8 nitrogen and oxygen atoms in total. The summed E-state index contributed by atoms with van der Waals surface area (Å²) < 4.78 is 32.5. The average Bonchev–Trinajstić information content (AvgIpc) is 3.48. The van der Waals surface area contributed by atoms with Crippen LogP contribution in [0.4, 0.5) is 5.69 Å². The van der Waals surface area contributed by atoms with Crippen LogP contribution in [0.5, 0.6) is 0 Å². The van der Waals surface area contributed by atoms with Crippen LogP contribution >= 0.6 is 0 Å². The van der Waals surface area contributed by atoms with Gasteiger partial charge in [-0.1, -0.05) is 23.4 Å². The summed E-state index contributed by atoms with van der Waals surface area (Å²) in [5.41, 5.74) is 1.29. The lowest BCUT2D eigenvalue weighted by Gasteiger charge is -2.36. The number of hydrogen-bond acceptors (Lipinski definition) is 6. The molecule has 2 N–H and O–H groups in total. The van der Waals surface area contributed by atoms with Gasteiger partial charge in [0.1, 0.15) is 5.76 Å². The summed E-state index contributed by atoms with van der Waals surface area (Å²) in [6, 6.07) is 11.2. The van der Waals surface area contributed by atoms with Crippen molar-refractivity contribution < 1.29 is 17.7 Å². The van der Waals surface area contributed by atoms with E-state index in [1.807, 2.05) is 37.3 Å². The molecule has 1 saturated heterocycles. The Kier molecular flexibility index (Phi) is 6.62. The number of anilines is 1. The molecule has 1 aromatic heterocycles. The third kappa shape index (κ3) is 5.65. The Bertz CT molecular complexity index is 988. The highest BCUT2D eigenvalue weighted by Gasteiger charge is 2.34. The highest BCUT2D eigenvalue weighted by Crippen LogP contribution is 2.40. The maximum Gasteiger partial charge on any atom is 0.273 e. The molecular weight excluding hydrogens is 416 g/mol. The number of carbonyl (C=O) groups excluding carboxylic acids is 1. The van der Waals surface area contributed by atoms with Gasteiger partial charge in [0.15, 0.2) is 5.69 Å². The molecule has 2 fully saturated rings. The Labute approximate surface area is 183 Å². The predicted molar refractivity (Wildman–Crippen MR) is 118 cm³/mol. The van der Waals surface area contributed by atoms with Crippen molar-refractivity contribution in [2.45, 2.75) is 57.0 Å². The van der Waals surface area contributed by atoms with E-state index in [2.05, 4.69) is 15.8 Å². The van der Waals surface area contributed by atoms with Crippen LogP contribution in [0, 0.1) is 0 Å². The minimum absolute atomic E-state index is 0.0743. The first kappa shape index (κ1) is 21.8. The van der Waals surface area contributed by atoms with Gasteiger partial charge in [0.25, 0.3) is 5.91 Å². The third-order valence-corrected chi connectivity index (χ3v) is 7.99. The lowest BCUT2D eigenvalue weighted by molar-refractivity contribution is 0.0905. The fourth-order valence-corrected chi connectivity index (χ4v) is 5.83. The second kappa shape index (κ2) is 9.40. The van der Waals surface area contributed by atoms with E-state index >= 15 is 0 Å². The summed E-state index contributed by atoms with van der Waals surface area (Å²) in [4.78, 5) is 12.5. The van der Waals surface area contributed by atoms with E-state index in [9.17, 15) is 13.2 Å². The Morgan fingerprint density at radius 2 is 2.00 bits per heavy atom. The molecule has 0 unspecified atom stereocenters. The first-order valence-electron chi connectivity index (χ1n) is 11.0. The monoisotopic (exact) mass is 446 g/mol. The fraction of sp³-hybridized carbons (Fsp3) is 0.545. The van der Waals surface area contributed by atoms with E-state index < -0.39 is 10.0 Å². The normalized spacial score (nSPS) is 22.2. The molecule has 0 spiro atoms. The first-order valence-corrected chi connectivity index (χ1v) is 12.6. The van der Waals surface area contributed by atoms with Crippen LogP contribution in [-0.4, -0.2) is 54.7 Å². The predicted octanol–water partition coefficient (Wildman–Crippen LogP) is 2.97. The molecule has 9 heteroatoms. The van der Waals surface area contributed by atoms with Crippen LogP contribution in [0.2, 0.25) is 0 Å². The van der Waals surface area contributed by atoms with E-state index in [0.717, 1.165) is 24.3 Å². The number of hydrogen-bond donors (Lipinski definition) is 2. The Hall–Kier alpha value is -2.39. The molecule has 2 atom stereocenters. The summed E-state index contributed by atoms with van der Waals surface area (Å²) in [6.45, 7) is 2.91. The molecule has 4 rings (SSSR count). The number of carbonyl (C=O) groups is 1. The van der Waals surface area contributed by atoms with Gasteiger partial charge in [-0.25, -0.2) is 8.42 Å². The molecule has 168 valence electrons. The number of aromatic nitrogens is 1. The second-order valence-corrected chi connectivity index (χ2v) is 10.5. The number of para-hydroxylation sites is 1. The van der Waals surface area contributed by atoms with Crippen LogP contribution in [0.25, 0.3) is 0 Å². The number of rotatable bonds is 9. The molecule has 1 amide bonds. The van der Waals surface area contributed by atoms with Gasteiger partial charge < -0.3 is 15.2 Å². The van der Waals surface area contributed by atoms with Crippen LogP contribution < -0.4 is 10.6 Å². The molecule has 0 radical (unpaired) electrons. The minimum Gasteiger partial charge on any atom is -0.385 e. The molecular formula is C22H30N4O4S. The van der Waals surface area contributed by atoms with Gasteiger partial charge >= 0.3 is 0 Å². The summed E-state index contributed by atoms with van der Waals surface area (Å²) in [6.07, 6.45) is 3.88. The maximum absolute atomic E-state index is 12.8. The van der Waals surface area contributed by atoms with Crippen molar-refractivity contribution in [3.63, 3.8) is 0 Å². The van der Waals surface area contributed by atoms with Crippen LogP contribution in [0.15, 0.2) is 40.9 Å². The van der Waals surface area contributed by atoms with Crippen molar-refractivity contribution in [2.24, 2.45) is 0 Å². The van der Waals surface area contributed by atoms with E-state index in [0.29, 0.717) is 44.0 Å². The standard InChI is InChI=1S/C22H30N4O4S/c1-16-14-19(24-22(27)20-15-21(30-25-20)17-8-9-17)10-12-26(16)31(28,29)13-5-11-23-18-6-3-2-4-7-18/h2-4,6-7,15-17,19,23H,5,8-14H2,1H3,(H,24,27)/t16-,19-/m0/s1. The van der Waals surface area contributed by atoms with Crippen LogP contribution in [0.3, 0.4) is 0 Å². The fourth-order valence-electron chi connectivity index (χ4n) is 4.07. The molecule has 2 aromatic rings. The number of benzene rings is 1. The maximum atomic E-state index is 12.8. The van der Waals surface area contributed by atoms with Crippen molar-refractivity contribution in [1.82, 2.24) is 14.8 Å². The minimum atomic E-state index is -3.34. The Balaban J connectivity index is 1.23. The van der Waals surface area contributed by atoms with Crippen molar-refractivity contribution in [2.75, 3.05) is 24.2 Å². The summed E-state index contributed by atoms with van der Waals surface area (Å²) in [5, 5.41) is 10.1. The molecule has 0 bridgehead atoms. The highest BCUT2D eigenvalue weighted by molar-refractivity contribution is 7.89. The molecule has 1 aromatic carbocycles.